The van der Waals surface area contributed by atoms with E-state index in [9.17, 15) is 9.59 Å². The largest absolute Gasteiger partial charge is 0.482 e. The molecule has 0 bridgehead atoms. The highest BCUT2D eigenvalue weighted by atomic mass is 79.9. The number of carbonyl (C=O) groups is 2. The summed E-state index contributed by atoms with van der Waals surface area (Å²) in [6, 6.07) is 16.3. The fourth-order valence-corrected chi connectivity index (χ4v) is 2.17. The monoisotopic (exact) mass is 376 g/mol. The summed E-state index contributed by atoms with van der Waals surface area (Å²) in [5, 5.41) is 0. The van der Waals surface area contributed by atoms with E-state index >= 15 is 0 Å². The van der Waals surface area contributed by atoms with Crippen LogP contribution in [0.3, 0.4) is 0 Å². The van der Waals surface area contributed by atoms with Crippen LogP contribution in [0.25, 0.3) is 0 Å². The molecule has 0 heterocycles. The molecule has 2 aromatic carbocycles. The zero-order chi connectivity index (χ0) is 16.5. The van der Waals surface area contributed by atoms with E-state index in [0.717, 1.165) is 4.47 Å². The van der Waals surface area contributed by atoms with E-state index in [2.05, 4.69) is 15.9 Å². The van der Waals surface area contributed by atoms with Gasteiger partial charge in [0, 0.05) is 16.5 Å². The van der Waals surface area contributed by atoms with Gasteiger partial charge in [0.1, 0.15) is 5.75 Å². The molecule has 0 aliphatic carbocycles. The maximum Gasteiger partial charge on any atom is 0.344 e. The molecule has 0 radical (unpaired) electrons. The first-order valence-electron chi connectivity index (χ1n) is 7.27. The number of Topliss-reactive ketones (excluding diaryl/α,β-unsaturated/α-hetero) is 1. The number of halogens is 1. The molecule has 0 aromatic heterocycles. The van der Waals surface area contributed by atoms with Gasteiger partial charge in [-0.2, -0.15) is 0 Å². The third kappa shape index (κ3) is 6.24. The van der Waals surface area contributed by atoms with Crippen LogP contribution in [-0.4, -0.2) is 25.0 Å². The lowest BCUT2D eigenvalue weighted by Crippen LogP contribution is -2.16. The molecule has 4 nitrogen and oxygen atoms in total. The topological polar surface area (TPSA) is 52.6 Å². The van der Waals surface area contributed by atoms with Gasteiger partial charge in [-0.05, 0) is 30.7 Å². The first-order valence-corrected chi connectivity index (χ1v) is 8.06. The van der Waals surface area contributed by atoms with Gasteiger partial charge >= 0.3 is 5.97 Å². The third-order valence-corrected chi connectivity index (χ3v) is 3.61. The van der Waals surface area contributed by atoms with Crippen molar-refractivity contribution in [3.05, 3.63) is 64.6 Å². The van der Waals surface area contributed by atoms with Crippen molar-refractivity contribution in [2.45, 2.75) is 12.8 Å². The van der Waals surface area contributed by atoms with E-state index < -0.39 is 5.97 Å². The van der Waals surface area contributed by atoms with E-state index in [4.69, 9.17) is 9.47 Å². The standard InChI is InChI=1S/C18H17BrO4/c19-15-8-10-16(11-9-15)23-13-18(21)22-12-4-7-17(20)14-5-2-1-3-6-14/h1-3,5-6,8-11H,4,7,12-13H2. The number of esters is 1. The van der Waals surface area contributed by atoms with Crippen molar-refractivity contribution in [3.8, 4) is 5.75 Å². The summed E-state index contributed by atoms with van der Waals surface area (Å²) in [7, 11) is 0. The van der Waals surface area contributed by atoms with Gasteiger partial charge in [0.25, 0.3) is 0 Å². The minimum absolute atomic E-state index is 0.0489. The van der Waals surface area contributed by atoms with Crippen molar-refractivity contribution in [1.29, 1.82) is 0 Å². The molecular formula is C18H17BrO4. The summed E-state index contributed by atoms with van der Waals surface area (Å²) in [5.41, 5.74) is 0.678. The lowest BCUT2D eigenvalue weighted by Gasteiger charge is -2.07. The summed E-state index contributed by atoms with van der Waals surface area (Å²) in [5.74, 6) is 0.206. The van der Waals surface area contributed by atoms with Gasteiger partial charge in [-0.15, -0.1) is 0 Å². The summed E-state index contributed by atoms with van der Waals surface area (Å²) >= 11 is 3.32. The Hall–Kier alpha value is -2.14. The van der Waals surface area contributed by atoms with E-state index in [1.807, 2.05) is 30.3 Å². The molecule has 0 aliphatic rings. The molecule has 0 atom stereocenters. The predicted molar refractivity (Wildman–Crippen MR) is 90.6 cm³/mol. The normalized spacial score (nSPS) is 10.1. The van der Waals surface area contributed by atoms with Crippen molar-refractivity contribution in [3.63, 3.8) is 0 Å². The second-order valence-electron chi connectivity index (χ2n) is 4.86. The number of hydrogen-bond donors (Lipinski definition) is 0. The smallest absolute Gasteiger partial charge is 0.344 e. The highest BCUT2D eigenvalue weighted by Crippen LogP contribution is 2.16. The van der Waals surface area contributed by atoms with Gasteiger partial charge in [0.15, 0.2) is 12.4 Å². The van der Waals surface area contributed by atoms with Gasteiger partial charge in [0.2, 0.25) is 0 Å². The van der Waals surface area contributed by atoms with Crippen molar-refractivity contribution in [2.75, 3.05) is 13.2 Å². The minimum atomic E-state index is -0.444. The fourth-order valence-electron chi connectivity index (χ4n) is 1.90. The van der Waals surface area contributed by atoms with Crippen LogP contribution in [0.4, 0.5) is 0 Å². The van der Waals surface area contributed by atoms with E-state index in [1.165, 1.54) is 0 Å². The van der Waals surface area contributed by atoms with Gasteiger partial charge in [-0.3, -0.25) is 4.79 Å². The van der Waals surface area contributed by atoms with E-state index in [1.54, 1.807) is 24.3 Å². The molecule has 0 saturated carbocycles. The molecular weight excluding hydrogens is 360 g/mol. The van der Waals surface area contributed by atoms with Crippen LogP contribution < -0.4 is 4.74 Å². The molecule has 0 fully saturated rings. The first-order chi connectivity index (χ1) is 11.1. The Morgan fingerprint density at radius 1 is 0.957 bits per heavy atom. The molecule has 2 rings (SSSR count). The van der Waals surface area contributed by atoms with Crippen LogP contribution in [0.1, 0.15) is 23.2 Å². The first kappa shape index (κ1) is 17.2. The maximum atomic E-state index is 11.9. The Morgan fingerprint density at radius 2 is 1.65 bits per heavy atom. The van der Waals surface area contributed by atoms with Crippen LogP contribution in [0.5, 0.6) is 5.75 Å². The maximum absolute atomic E-state index is 11.9. The van der Waals surface area contributed by atoms with Crippen molar-refractivity contribution in [1.82, 2.24) is 0 Å². The third-order valence-electron chi connectivity index (χ3n) is 3.08. The highest BCUT2D eigenvalue weighted by Gasteiger charge is 2.07. The van der Waals surface area contributed by atoms with E-state index in [0.29, 0.717) is 24.2 Å². The van der Waals surface area contributed by atoms with Crippen LogP contribution in [-0.2, 0) is 9.53 Å². The van der Waals surface area contributed by atoms with Crippen LogP contribution >= 0.6 is 15.9 Å². The van der Waals surface area contributed by atoms with E-state index in [-0.39, 0.29) is 19.0 Å². The lowest BCUT2D eigenvalue weighted by molar-refractivity contribution is -0.146. The van der Waals surface area contributed by atoms with Gasteiger partial charge in [-0.1, -0.05) is 46.3 Å². The van der Waals surface area contributed by atoms with Crippen LogP contribution in [0, 0.1) is 0 Å². The lowest BCUT2D eigenvalue weighted by atomic mass is 10.1. The zero-order valence-electron chi connectivity index (χ0n) is 12.5. The predicted octanol–water partition coefficient (Wildman–Crippen LogP) is 4.03. The fraction of sp³-hybridized carbons (Fsp3) is 0.222. The second kappa shape index (κ2) is 9.10. The summed E-state index contributed by atoms with van der Waals surface area (Å²) in [6.45, 7) is 0.0649. The minimum Gasteiger partial charge on any atom is -0.482 e. The van der Waals surface area contributed by atoms with Gasteiger partial charge in [0.05, 0.1) is 6.61 Å². The Kier molecular flexibility index (Phi) is 6.81. The molecule has 0 saturated heterocycles. The summed E-state index contributed by atoms with van der Waals surface area (Å²) in [4.78, 5) is 23.4. The molecule has 0 spiro atoms. The average Bonchev–Trinajstić information content (AvgIpc) is 2.59. The summed E-state index contributed by atoms with van der Waals surface area (Å²) < 4.78 is 11.3. The number of ether oxygens (including phenoxy) is 2. The number of rotatable bonds is 8. The molecule has 120 valence electrons. The highest BCUT2D eigenvalue weighted by molar-refractivity contribution is 9.10. The summed E-state index contributed by atoms with van der Waals surface area (Å²) in [6.07, 6.45) is 0.850. The van der Waals surface area contributed by atoms with Crippen molar-refractivity contribution >= 4 is 27.7 Å². The molecule has 0 amide bonds. The van der Waals surface area contributed by atoms with Gasteiger partial charge < -0.3 is 9.47 Å². The average molecular weight is 377 g/mol. The number of benzene rings is 2. The molecule has 5 heteroatoms. The Morgan fingerprint density at radius 3 is 2.35 bits per heavy atom. The molecule has 23 heavy (non-hydrogen) atoms. The second-order valence-corrected chi connectivity index (χ2v) is 5.77. The molecule has 0 unspecified atom stereocenters. The zero-order valence-corrected chi connectivity index (χ0v) is 14.1. The quantitative estimate of drug-likeness (QED) is 0.396. The number of hydrogen-bond acceptors (Lipinski definition) is 4. The SMILES string of the molecule is O=C(COc1ccc(Br)cc1)OCCCC(=O)c1ccccc1. The Bertz CT molecular complexity index is 638. The number of carbonyl (C=O) groups excluding carboxylic acids is 2. The molecule has 0 aliphatic heterocycles. The Labute approximate surface area is 143 Å². The van der Waals surface area contributed by atoms with Crippen LogP contribution in [0.2, 0.25) is 0 Å². The molecule has 2 aromatic rings. The number of ketones is 1. The van der Waals surface area contributed by atoms with Crippen molar-refractivity contribution in [2.24, 2.45) is 0 Å². The van der Waals surface area contributed by atoms with Gasteiger partial charge in [-0.25, -0.2) is 4.79 Å². The van der Waals surface area contributed by atoms with Crippen molar-refractivity contribution < 1.29 is 19.1 Å². The molecule has 0 N–H and O–H groups in total. The Balaban J connectivity index is 1.61. The van der Waals surface area contributed by atoms with Crippen LogP contribution in [0.15, 0.2) is 59.1 Å².